The van der Waals surface area contributed by atoms with Gasteiger partial charge in [0.2, 0.25) is 0 Å². The van der Waals surface area contributed by atoms with Crippen LogP contribution in [0, 0.1) is 6.92 Å². The topological polar surface area (TPSA) is 98.4 Å². The summed E-state index contributed by atoms with van der Waals surface area (Å²) in [4.78, 5) is 17.2. The van der Waals surface area contributed by atoms with Crippen LogP contribution < -0.4 is 24.4 Å². The van der Waals surface area contributed by atoms with E-state index in [1.807, 2.05) is 86.6 Å². The smallest absolute Gasteiger partial charge is 0.179 e. The number of amidine groups is 2. The summed E-state index contributed by atoms with van der Waals surface area (Å²) in [5.74, 6) is 4.58. The Morgan fingerprint density at radius 2 is 1.64 bits per heavy atom. The Hall–Kier alpha value is -5.64. The number of hydrogen-bond acceptors (Lipinski definition) is 9. The van der Waals surface area contributed by atoms with E-state index in [0.29, 0.717) is 41.4 Å². The Kier molecular flexibility index (Phi) is 6.94. The van der Waals surface area contributed by atoms with E-state index in [2.05, 4.69) is 27.3 Å². The highest BCUT2D eigenvalue weighted by Gasteiger charge is 2.42. The van der Waals surface area contributed by atoms with Crippen LogP contribution in [0.25, 0.3) is 5.82 Å². The van der Waals surface area contributed by atoms with E-state index >= 15 is 0 Å². The number of hydrogen-bond donors (Lipinski definition) is 1. The standard InChI is InChI=1S/C34H31N7O3/c1-5-44-26-15-9-7-13-24(26)37-32-34-38-33-30(21(2)39-41(33)29-16-10-11-19-35-29)31(22-17-18-27(42-3)28(20-22)43-4)40(34)25-14-8-6-12-23(25)36-32/h6-20,31H,5H2,1-4H3,(H,36,37)/t31-/m0/s1. The van der Waals surface area contributed by atoms with Crippen LogP contribution in [0.3, 0.4) is 0 Å². The molecular formula is C34H31N7O3. The van der Waals surface area contributed by atoms with Crippen LogP contribution >= 0.6 is 0 Å². The molecule has 2 aliphatic rings. The van der Waals surface area contributed by atoms with Crippen molar-refractivity contribution in [3.63, 3.8) is 0 Å². The van der Waals surface area contributed by atoms with Gasteiger partial charge in [-0.1, -0.05) is 36.4 Å². The highest BCUT2D eigenvalue weighted by Crippen LogP contribution is 2.49. The number of anilines is 2. The van der Waals surface area contributed by atoms with Crippen molar-refractivity contribution in [2.75, 3.05) is 31.0 Å². The quantitative estimate of drug-likeness (QED) is 0.225. The lowest BCUT2D eigenvalue weighted by molar-refractivity contribution is 0.342. The summed E-state index contributed by atoms with van der Waals surface area (Å²) < 4.78 is 19.1. The minimum Gasteiger partial charge on any atom is -0.493 e. The van der Waals surface area contributed by atoms with Crippen LogP contribution in [0.15, 0.2) is 101 Å². The van der Waals surface area contributed by atoms with Crippen LogP contribution in [0.1, 0.15) is 29.8 Å². The molecular weight excluding hydrogens is 554 g/mol. The Morgan fingerprint density at radius 3 is 2.43 bits per heavy atom. The number of nitrogens with one attached hydrogen (secondary N) is 1. The first-order valence-electron chi connectivity index (χ1n) is 14.4. The number of nitrogens with zero attached hydrogens (tertiary/aromatic N) is 6. The maximum absolute atomic E-state index is 5.94. The van der Waals surface area contributed by atoms with E-state index < -0.39 is 0 Å². The second-order valence-electron chi connectivity index (χ2n) is 10.2. The van der Waals surface area contributed by atoms with Crippen molar-refractivity contribution in [2.45, 2.75) is 19.9 Å². The first-order chi connectivity index (χ1) is 21.6. The van der Waals surface area contributed by atoms with Gasteiger partial charge in [0.1, 0.15) is 5.75 Å². The molecule has 44 heavy (non-hydrogen) atoms. The lowest BCUT2D eigenvalue weighted by Crippen LogP contribution is -2.46. The lowest BCUT2D eigenvalue weighted by Gasteiger charge is -2.40. The molecule has 220 valence electrons. The average Bonchev–Trinajstić information content (AvgIpc) is 3.40. The number of aromatic nitrogens is 3. The molecule has 0 amide bonds. The molecule has 0 aliphatic carbocycles. The second kappa shape index (κ2) is 11.2. The number of methoxy groups -OCH3 is 2. The van der Waals surface area contributed by atoms with Crippen molar-refractivity contribution in [1.82, 2.24) is 14.8 Å². The Balaban J connectivity index is 1.49. The number of aliphatic imine (C=N–C) groups is 2. The number of ether oxygens (including phenoxy) is 3. The Morgan fingerprint density at radius 1 is 0.841 bits per heavy atom. The molecule has 1 atom stereocenters. The predicted octanol–water partition coefficient (Wildman–Crippen LogP) is 6.79. The van der Waals surface area contributed by atoms with E-state index in [1.54, 1.807) is 25.1 Å². The summed E-state index contributed by atoms with van der Waals surface area (Å²) in [5, 5.41) is 8.51. The van der Waals surface area contributed by atoms with Gasteiger partial charge in [-0.25, -0.2) is 15.0 Å². The molecule has 3 aromatic carbocycles. The fourth-order valence-corrected chi connectivity index (χ4v) is 5.75. The van der Waals surface area contributed by atoms with Crippen molar-refractivity contribution >= 4 is 34.6 Å². The van der Waals surface area contributed by atoms with Gasteiger partial charge in [0.25, 0.3) is 0 Å². The number of aryl methyl sites for hydroxylation is 1. The van der Waals surface area contributed by atoms with Gasteiger partial charge in [0.15, 0.2) is 34.8 Å². The third kappa shape index (κ3) is 4.51. The van der Waals surface area contributed by atoms with E-state index in [0.717, 1.165) is 39.6 Å². The van der Waals surface area contributed by atoms with E-state index in [9.17, 15) is 0 Å². The summed E-state index contributed by atoms with van der Waals surface area (Å²) in [6.07, 6.45) is 1.75. The van der Waals surface area contributed by atoms with Gasteiger partial charge in [0, 0.05) is 11.8 Å². The van der Waals surface area contributed by atoms with Crippen LogP contribution in [0.2, 0.25) is 0 Å². The molecule has 4 heterocycles. The van der Waals surface area contributed by atoms with Crippen molar-refractivity contribution in [1.29, 1.82) is 0 Å². The third-order valence-corrected chi connectivity index (χ3v) is 7.67. The summed E-state index contributed by atoms with van der Waals surface area (Å²) in [5.41, 5.74) is 5.29. The molecule has 0 unspecified atom stereocenters. The Labute approximate surface area is 255 Å². The van der Waals surface area contributed by atoms with Gasteiger partial charge >= 0.3 is 0 Å². The average molecular weight is 586 g/mol. The third-order valence-electron chi connectivity index (χ3n) is 7.67. The maximum atomic E-state index is 5.94. The zero-order valence-corrected chi connectivity index (χ0v) is 24.9. The minimum absolute atomic E-state index is 0.328. The fourth-order valence-electron chi connectivity index (χ4n) is 5.75. The summed E-state index contributed by atoms with van der Waals surface area (Å²) >= 11 is 0. The van der Waals surface area contributed by atoms with Crippen LogP contribution in [0.4, 0.5) is 22.9 Å². The molecule has 0 saturated heterocycles. The van der Waals surface area contributed by atoms with Gasteiger partial charge in [-0.2, -0.15) is 9.78 Å². The summed E-state index contributed by atoms with van der Waals surface area (Å²) in [7, 11) is 3.28. The molecule has 7 rings (SSSR count). The predicted molar refractivity (Wildman–Crippen MR) is 172 cm³/mol. The minimum atomic E-state index is -0.328. The van der Waals surface area contributed by atoms with Crippen LogP contribution in [-0.2, 0) is 0 Å². The number of benzene rings is 3. The van der Waals surface area contributed by atoms with Crippen molar-refractivity contribution < 1.29 is 14.2 Å². The van der Waals surface area contributed by atoms with E-state index in [1.165, 1.54) is 0 Å². The molecule has 1 N–H and O–H groups in total. The lowest BCUT2D eigenvalue weighted by atomic mass is 9.93. The molecule has 0 fully saturated rings. The van der Waals surface area contributed by atoms with Gasteiger partial charge in [-0.05, 0) is 67.9 Å². The zero-order chi connectivity index (χ0) is 30.2. The first-order valence-corrected chi connectivity index (χ1v) is 14.4. The first kappa shape index (κ1) is 27.2. The van der Waals surface area contributed by atoms with Gasteiger partial charge in [-0.15, -0.1) is 0 Å². The number of rotatable bonds is 7. The highest BCUT2D eigenvalue weighted by molar-refractivity contribution is 6.51. The molecule has 0 radical (unpaired) electrons. The van der Waals surface area contributed by atoms with E-state index in [4.69, 9.17) is 29.3 Å². The number of para-hydroxylation sites is 4. The summed E-state index contributed by atoms with van der Waals surface area (Å²) in [6, 6.07) is 27.3. The number of fused-ring (bicyclic) bond motifs is 4. The molecule has 5 aromatic rings. The number of pyridine rings is 1. The van der Waals surface area contributed by atoms with Crippen molar-refractivity contribution in [3.8, 4) is 23.1 Å². The van der Waals surface area contributed by atoms with Crippen LogP contribution in [0.5, 0.6) is 17.2 Å². The highest BCUT2D eigenvalue weighted by atomic mass is 16.5. The van der Waals surface area contributed by atoms with Gasteiger partial charge in [-0.3, -0.25) is 0 Å². The molecule has 10 heteroatoms. The molecule has 2 aromatic heterocycles. The molecule has 0 spiro atoms. The van der Waals surface area contributed by atoms with E-state index in [-0.39, 0.29) is 6.04 Å². The molecule has 2 aliphatic heterocycles. The largest absolute Gasteiger partial charge is 0.493 e. The molecule has 0 bridgehead atoms. The van der Waals surface area contributed by atoms with Crippen molar-refractivity contribution in [3.05, 3.63) is 108 Å². The van der Waals surface area contributed by atoms with Gasteiger partial charge in [0.05, 0.1) is 49.6 Å². The molecule has 0 saturated carbocycles. The second-order valence-corrected chi connectivity index (χ2v) is 10.2. The maximum Gasteiger partial charge on any atom is 0.179 e. The SMILES string of the molecule is CCOc1ccccc1NC1=Nc2ccccc2N2C1=Nc1c(c(C)nn1-c1ccccn1)[C@@H]2c1ccc(OC)c(OC)c1. The van der Waals surface area contributed by atoms with Gasteiger partial charge < -0.3 is 24.4 Å². The zero-order valence-electron chi connectivity index (χ0n) is 24.9. The van der Waals surface area contributed by atoms with Crippen LogP contribution in [-0.4, -0.2) is 47.3 Å². The van der Waals surface area contributed by atoms with Crippen molar-refractivity contribution in [2.24, 2.45) is 9.98 Å². The normalized spacial score (nSPS) is 14.9. The monoisotopic (exact) mass is 585 g/mol. The summed E-state index contributed by atoms with van der Waals surface area (Å²) in [6.45, 7) is 4.51. The fraction of sp³-hybridized carbons (Fsp3) is 0.176. The Bertz CT molecular complexity index is 1920. The molecule has 10 nitrogen and oxygen atoms in total.